The lowest BCUT2D eigenvalue weighted by molar-refractivity contribution is -0.125. The first-order valence-electron chi connectivity index (χ1n) is 31.8. The molecule has 15 nitrogen and oxygen atoms in total. The van der Waals surface area contributed by atoms with Crippen LogP contribution in [0.15, 0.2) is 47.4 Å². The highest BCUT2D eigenvalue weighted by atomic mass is 16.5. The minimum Gasteiger partial charge on any atom is -0.497 e. The fourth-order valence-corrected chi connectivity index (χ4v) is 10.5. The molecule has 3 atom stereocenters. The van der Waals surface area contributed by atoms with Crippen LogP contribution in [0.2, 0.25) is 0 Å². The summed E-state index contributed by atoms with van der Waals surface area (Å²) in [5, 5.41) is 9.94. The van der Waals surface area contributed by atoms with Gasteiger partial charge in [-0.15, -0.1) is 74.1 Å². The van der Waals surface area contributed by atoms with Crippen LogP contribution in [0.4, 0.5) is 0 Å². The summed E-state index contributed by atoms with van der Waals surface area (Å²) in [4.78, 5) is 44.6. The summed E-state index contributed by atoms with van der Waals surface area (Å²) in [5.74, 6) is 17.9. The molecule has 0 radical (unpaired) electrons. The number of allylic oxidation sites excluding steroid dienone is 2. The number of amides is 3. The van der Waals surface area contributed by atoms with Crippen LogP contribution in [0.1, 0.15) is 199 Å². The summed E-state index contributed by atoms with van der Waals surface area (Å²) in [6.07, 6.45) is 53.1. The summed E-state index contributed by atoms with van der Waals surface area (Å²) in [6.45, 7) is 3.72. The molecule has 2 aromatic carbocycles. The number of carbonyl (C=O) groups excluding carboxylic acids is 3. The van der Waals surface area contributed by atoms with Gasteiger partial charge >= 0.3 is 0 Å². The molecule has 2 aromatic rings. The molecule has 1 saturated carbocycles. The van der Waals surface area contributed by atoms with E-state index < -0.39 is 24.0 Å². The molecule has 4 rings (SSSR count). The minimum atomic E-state index is -0.670. The number of benzene rings is 2. The molecule has 1 fully saturated rings. The van der Waals surface area contributed by atoms with Gasteiger partial charge in [-0.1, -0.05) is 0 Å². The molecular formula is C72H98N6O9. The van der Waals surface area contributed by atoms with Crippen LogP contribution in [0, 0.1) is 80.0 Å². The Bertz CT molecular complexity index is 2540. The van der Waals surface area contributed by atoms with Crippen molar-refractivity contribution >= 4 is 17.7 Å². The third-order valence-corrected chi connectivity index (χ3v) is 15.1. The zero-order chi connectivity index (χ0) is 62.7. The van der Waals surface area contributed by atoms with Crippen LogP contribution in [0.3, 0.4) is 0 Å². The average molecular weight is 1190 g/mol. The van der Waals surface area contributed by atoms with Crippen LogP contribution >= 0.6 is 0 Å². The zero-order valence-corrected chi connectivity index (χ0v) is 51.7. The monoisotopic (exact) mass is 1190 g/mol. The highest BCUT2D eigenvalue weighted by Crippen LogP contribution is 2.37. The second-order valence-corrected chi connectivity index (χ2v) is 22.1. The summed E-state index contributed by atoms with van der Waals surface area (Å²) in [7, 11) is 0. The maximum absolute atomic E-state index is 14.9. The van der Waals surface area contributed by atoms with Gasteiger partial charge in [0.25, 0.3) is 11.8 Å². The summed E-state index contributed by atoms with van der Waals surface area (Å²) < 4.78 is 38.7. The van der Waals surface area contributed by atoms with Crippen molar-refractivity contribution in [1.29, 1.82) is 0 Å². The molecule has 0 aliphatic heterocycles. The third-order valence-electron chi connectivity index (χ3n) is 15.1. The summed E-state index contributed by atoms with van der Waals surface area (Å²) in [6, 6.07) is 5.44. The number of rotatable bonds is 45. The van der Waals surface area contributed by atoms with Gasteiger partial charge in [-0.3, -0.25) is 14.4 Å². The molecule has 0 saturated heterocycles. The van der Waals surface area contributed by atoms with Gasteiger partial charge in [0.15, 0.2) is 0 Å². The molecule has 9 N–H and O–H groups in total. The highest BCUT2D eigenvalue weighted by Gasteiger charge is 2.36. The maximum Gasteiger partial charge on any atom is 0.251 e. The molecule has 0 heterocycles. The molecule has 0 aromatic heterocycles. The largest absolute Gasteiger partial charge is 0.497 e. The van der Waals surface area contributed by atoms with Crippen molar-refractivity contribution < 1.29 is 42.8 Å². The van der Waals surface area contributed by atoms with Crippen molar-refractivity contribution in [3.8, 4) is 97.1 Å². The predicted octanol–water partition coefficient (Wildman–Crippen LogP) is 10.3. The molecule has 3 unspecified atom stereocenters. The molecule has 2 aliphatic carbocycles. The molecule has 0 bridgehead atoms. The van der Waals surface area contributed by atoms with Crippen LogP contribution in [-0.4, -0.2) is 95.1 Å². The van der Waals surface area contributed by atoms with Crippen LogP contribution in [0.25, 0.3) is 0 Å². The van der Waals surface area contributed by atoms with Crippen LogP contribution in [-0.2, 0) is 27.1 Å². The number of hydrogen-bond donors (Lipinski definition) is 6. The number of hydrogen-bond acceptors (Lipinski definition) is 12. The molecule has 3 amide bonds. The minimum absolute atomic E-state index is 0.251. The predicted molar refractivity (Wildman–Crippen MR) is 347 cm³/mol. The number of carbonyl (C=O) groups is 3. The molecule has 2 aliphatic rings. The van der Waals surface area contributed by atoms with E-state index in [1.807, 2.05) is 6.08 Å². The van der Waals surface area contributed by atoms with Crippen LogP contribution < -0.4 is 52.1 Å². The third kappa shape index (κ3) is 26.9. The first-order valence-corrected chi connectivity index (χ1v) is 31.8. The van der Waals surface area contributed by atoms with Gasteiger partial charge in [-0.2, -0.15) is 0 Å². The topological polar surface area (TPSA) is 221 Å². The first kappa shape index (κ1) is 71.8. The Morgan fingerprint density at radius 2 is 0.747 bits per heavy atom. The normalized spacial score (nSPS) is 16.0. The van der Waals surface area contributed by atoms with E-state index in [1.165, 1.54) is 0 Å². The van der Waals surface area contributed by atoms with E-state index in [4.69, 9.17) is 84.2 Å². The second kappa shape index (κ2) is 43.9. The van der Waals surface area contributed by atoms with E-state index in [9.17, 15) is 14.4 Å². The average Bonchev–Trinajstić information content (AvgIpc) is 2.61. The van der Waals surface area contributed by atoms with Gasteiger partial charge in [0, 0.05) is 90.9 Å². The smallest absolute Gasteiger partial charge is 0.251 e. The molecule has 0 spiro atoms. The van der Waals surface area contributed by atoms with Gasteiger partial charge in [-0.05, 0) is 185 Å². The van der Waals surface area contributed by atoms with Gasteiger partial charge in [0.1, 0.15) is 34.5 Å². The fourth-order valence-electron chi connectivity index (χ4n) is 10.5. The van der Waals surface area contributed by atoms with Gasteiger partial charge in [0.05, 0.1) is 45.6 Å². The van der Waals surface area contributed by atoms with Crippen molar-refractivity contribution in [2.45, 2.75) is 198 Å². The summed E-state index contributed by atoms with van der Waals surface area (Å²) in [5.41, 5.74) is 21.3. The van der Waals surface area contributed by atoms with Gasteiger partial charge < -0.3 is 61.6 Å². The lowest BCUT2D eigenvalue weighted by atomic mass is 9.85. The van der Waals surface area contributed by atoms with Crippen molar-refractivity contribution in [2.75, 3.05) is 59.3 Å². The quantitative estimate of drug-likeness (QED) is 0.0269. The Kier molecular flexibility index (Phi) is 36.3. The van der Waals surface area contributed by atoms with E-state index in [2.05, 4.69) is 51.5 Å². The Morgan fingerprint density at radius 3 is 1.09 bits per heavy atom. The molecule has 470 valence electrons. The number of nitrogens with one attached hydrogen (secondary N) is 3. The maximum atomic E-state index is 14.9. The molecular weight excluding hydrogens is 1090 g/mol. The highest BCUT2D eigenvalue weighted by molar-refractivity contribution is 5.96. The Labute approximate surface area is 521 Å². The number of terminal acetylenes is 6. The number of unbranched alkanes of at least 4 members (excludes halogenated alkanes) is 12. The molecule has 15 heteroatoms. The van der Waals surface area contributed by atoms with E-state index in [-0.39, 0.29) is 17.7 Å². The van der Waals surface area contributed by atoms with E-state index in [0.717, 1.165) is 68.1 Å². The van der Waals surface area contributed by atoms with Crippen molar-refractivity contribution in [2.24, 2.45) is 23.1 Å². The van der Waals surface area contributed by atoms with Crippen LogP contribution in [0.5, 0.6) is 23.0 Å². The van der Waals surface area contributed by atoms with E-state index >= 15 is 0 Å². The summed E-state index contributed by atoms with van der Waals surface area (Å²) >= 11 is 0. The van der Waals surface area contributed by atoms with Crippen molar-refractivity contribution in [1.82, 2.24) is 16.0 Å². The SMILES string of the molecule is C#CCCCCOC1=CC(C(=O)NC2CC(NC(=O)c3cc(OCCCCC#C)c(CCCN)c(OCCCCC#C)c3)CC(NC(=O)c3cc(OCCCCC#C)c(CCCN)c(OCCCCC#C)c3)C2)CC(OCCCCC#C)=C1CCCN. The van der Waals surface area contributed by atoms with Crippen molar-refractivity contribution in [3.63, 3.8) is 0 Å². The lowest BCUT2D eigenvalue weighted by Gasteiger charge is -2.37. The number of nitrogens with two attached hydrogens (primary N) is 3. The number of ether oxygens (including phenoxy) is 6. The first-order chi connectivity index (χ1) is 42.6. The Morgan fingerprint density at radius 1 is 0.425 bits per heavy atom. The standard InChI is InChI=1S/C72H98N6O9/c1-7-13-19-25-40-82-64-46-55(47-65(61(64)34-31-37-73)83-41-26-20-14-8-2)70(79)76-58-52-59(77-71(80)56-48-66(84-42-27-21-15-9-3)62(35-32-38-74)67(49-56)85-43-28-22-16-10-4)54-60(53-58)78-72(81)57-50-68(86-44-29-23-17-11-5)63(36-33-39-75)69(51-57)87-45-30-24-18-12-6/h1-6,46-50,57-60H,13-45,51-54,73-75H2,(H,76,79)(H,77,80)(H,78,81). The fraction of sp³-hybridized carbons (Fsp3) is 0.569. The van der Waals surface area contributed by atoms with Crippen molar-refractivity contribution in [3.05, 3.63) is 69.7 Å². The lowest BCUT2D eigenvalue weighted by Crippen LogP contribution is -2.54. The zero-order valence-electron chi connectivity index (χ0n) is 51.7. The van der Waals surface area contributed by atoms with E-state index in [0.29, 0.717) is 233 Å². The molecule has 87 heavy (non-hydrogen) atoms. The van der Waals surface area contributed by atoms with Gasteiger partial charge in [0.2, 0.25) is 5.91 Å². The second-order valence-electron chi connectivity index (χ2n) is 22.1. The van der Waals surface area contributed by atoms with E-state index in [1.54, 1.807) is 24.3 Å². The van der Waals surface area contributed by atoms with Gasteiger partial charge in [-0.25, -0.2) is 0 Å². The Balaban J connectivity index is 1.78. The Hall–Kier alpha value is -7.63.